The number of halogens is 1. The van der Waals surface area contributed by atoms with Crippen molar-refractivity contribution in [2.24, 2.45) is 0 Å². The Labute approximate surface area is 182 Å². The van der Waals surface area contributed by atoms with Gasteiger partial charge in [0, 0.05) is 67.1 Å². The number of Topliss-reactive ketones (excluding diaryl/α,β-unsaturated/α-hetero) is 1. The number of aryl methyl sites for hydroxylation is 1. The third kappa shape index (κ3) is 4.40. The number of piperazine rings is 1. The Bertz CT molecular complexity index is 1030. The predicted molar refractivity (Wildman–Crippen MR) is 119 cm³/mol. The first-order valence-corrected chi connectivity index (χ1v) is 10.6. The van der Waals surface area contributed by atoms with Crippen molar-refractivity contribution < 1.29 is 4.79 Å². The third-order valence-corrected chi connectivity index (χ3v) is 6.10. The van der Waals surface area contributed by atoms with Crippen molar-refractivity contribution >= 4 is 23.3 Å². The fourth-order valence-electron chi connectivity index (χ4n) is 3.97. The Morgan fingerprint density at radius 2 is 1.73 bits per heavy atom. The molecule has 0 N–H and O–H groups in total. The van der Waals surface area contributed by atoms with Crippen LogP contribution in [-0.4, -0.2) is 57.9 Å². The predicted octanol–water partition coefficient (Wildman–Crippen LogP) is 3.60. The van der Waals surface area contributed by atoms with Crippen LogP contribution in [0.25, 0.3) is 0 Å². The summed E-state index contributed by atoms with van der Waals surface area (Å²) >= 11 is 6.33. The van der Waals surface area contributed by atoms with Gasteiger partial charge in [0.25, 0.3) is 0 Å². The van der Waals surface area contributed by atoms with E-state index in [9.17, 15) is 4.79 Å². The second-order valence-corrected chi connectivity index (χ2v) is 8.10. The summed E-state index contributed by atoms with van der Waals surface area (Å²) in [6, 6.07) is 11.7. The number of aromatic nitrogens is 3. The number of nitrogens with zero attached hydrogens (tertiary/aromatic N) is 5. The van der Waals surface area contributed by atoms with Gasteiger partial charge in [-0.3, -0.25) is 9.69 Å². The highest BCUT2D eigenvalue weighted by atomic mass is 35.5. The van der Waals surface area contributed by atoms with Gasteiger partial charge in [-0.2, -0.15) is 0 Å². The molecule has 0 amide bonds. The Morgan fingerprint density at radius 1 is 1.03 bits per heavy atom. The second-order valence-electron chi connectivity index (χ2n) is 7.70. The first-order valence-electron chi connectivity index (χ1n) is 10.2. The van der Waals surface area contributed by atoms with Crippen LogP contribution in [0.4, 0.5) is 5.95 Å². The number of rotatable bonds is 6. The molecule has 0 saturated carbocycles. The average Bonchev–Trinajstić information content (AvgIpc) is 3.05. The minimum Gasteiger partial charge on any atom is -0.344 e. The van der Waals surface area contributed by atoms with E-state index in [-0.39, 0.29) is 5.78 Å². The molecule has 3 heterocycles. The minimum absolute atomic E-state index is 0.165. The molecule has 0 atom stereocenters. The molecule has 2 aromatic heterocycles. The zero-order chi connectivity index (χ0) is 21.1. The minimum atomic E-state index is 0.165. The molecule has 1 aliphatic heterocycles. The van der Waals surface area contributed by atoms with Crippen molar-refractivity contribution in [1.29, 1.82) is 0 Å². The van der Waals surface area contributed by atoms with Crippen LogP contribution >= 0.6 is 11.6 Å². The molecule has 3 aromatic rings. The van der Waals surface area contributed by atoms with Crippen molar-refractivity contribution in [2.45, 2.75) is 20.4 Å². The van der Waals surface area contributed by atoms with E-state index < -0.39 is 0 Å². The molecule has 6 nitrogen and oxygen atoms in total. The van der Waals surface area contributed by atoms with Crippen LogP contribution < -0.4 is 4.90 Å². The zero-order valence-corrected chi connectivity index (χ0v) is 18.1. The SMILES string of the molecule is Cc1cc(C(=O)CN2CCN(c3ncccn3)CC2)c(C)n1Cc1ccccc1Cl. The smallest absolute Gasteiger partial charge is 0.225 e. The normalized spacial score (nSPS) is 14.8. The molecule has 0 radical (unpaired) electrons. The molecule has 1 fully saturated rings. The molecule has 0 aliphatic carbocycles. The molecular weight excluding hydrogens is 398 g/mol. The quantitative estimate of drug-likeness (QED) is 0.567. The van der Waals surface area contributed by atoms with E-state index in [0.29, 0.717) is 13.1 Å². The van der Waals surface area contributed by atoms with E-state index in [4.69, 9.17) is 11.6 Å². The number of ketones is 1. The molecule has 156 valence electrons. The lowest BCUT2D eigenvalue weighted by Crippen LogP contribution is -2.48. The highest BCUT2D eigenvalue weighted by Gasteiger charge is 2.23. The summed E-state index contributed by atoms with van der Waals surface area (Å²) in [7, 11) is 0. The summed E-state index contributed by atoms with van der Waals surface area (Å²) in [5.74, 6) is 0.921. The molecular formula is C23H26ClN5O. The van der Waals surface area contributed by atoms with Crippen LogP contribution in [-0.2, 0) is 6.54 Å². The summed E-state index contributed by atoms with van der Waals surface area (Å²) < 4.78 is 2.17. The highest BCUT2D eigenvalue weighted by molar-refractivity contribution is 6.31. The Balaban J connectivity index is 1.40. The van der Waals surface area contributed by atoms with Crippen LogP contribution in [0.2, 0.25) is 5.02 Å². The van der Waals surface area contributed by atoms with Crippen LogP contribution in [0.5, 0.6) is 0 Å². The van der Waals surface area contributed by atoms with Crippen molar-refractivity contribution in [1.82, 2.24) is 19.4 Å². The van der Waals surface area contributed by atoms with E-state index in [2.05, 4.69) is 24.3 Å². The van der Waals surface area contributed by atoms with Gasteiger partial charge >= 0.3 is 0 Å². The summed E-state index contributed by atoms with van der Waals surface area (Å²) in [5, 5.41) is 0.748. The van der Waals surface area contributed by atoms with Gasteiger partial charge in [0.1, 0.15) is 0 Å². The van der Waals surface area contributed by atoms with E-state index >= 15 is 0 Å². The maximum absolute atomic E-state index is 13.1. The average molecular weight is 424 g/mol. The molecule has 0 bridgehead atoms. The van der Waals surface area contributed by atoms with Crippen molar-refractivity contribution in [3.63, 3.8) is 0 Å². The van der Waals surface area contributed by atoms with Gasteiger partial charge in [-0.15, -0.1) is 0 Å². The van der Waals surface area contributed by atoms with Gasteiger partial charge in [-0.05, 0) is 37.6 Å². The number of anilines is 1. The first-order chi connectivity index (χ1) is 14.5. The van der Waals surface area contributed by atoms with Gasteiger partial charge in [0.2, 0.25) is 5.95 Å². The molecule has 4 rings (SSSR count). The molecule has 30 heavy (non-hydrogen) atoms. The molecule has 1 aliphatic rings. The summed E-state index contributed by atoms with van der Waals surface area (Å²) in [6.45, 7) is 8.44. The third-order valence-electron chi connectivity index (χ3n) is 5.73. The lowest BCUT2D eigenvalue weighted by atomic mass is 10.1. The fourth-order valence-corrected chi connectivity index (χ4v) is 4.17. The van der Waals surface area contributed by atoms with Gasteiger partial charge in [-0.25, -0.2) is 9.97 Å². The number of carbonyl (C=O) groups is 1. The Morgan fingerprint density at radius 3 is 2.43 bits per heavy atom. The highest BCUT2D eigenvalue weighted by Crippen LogP contribution is 2.22. The second kappa shape index (κ2) is 8.98. The Hall–Kier alpha value is -2.70. The van der Waals surface area contributed by atoms with E-state index in [1.807, 2.05) is 50.2 Å². The molecule has 7 heteroatoms. The van der Waals surface area contributed by atoms with E-state index in [1.54, 1.807) is 12.4 Å². The maximum atomic E-state index is 13.1. The first kappa shape index (κ1) is 20.6. The van der Waals surface area contributed by atoms with Gasteiger partial charge in [0.05, 0.1) is 6.54 Å². The summed E-state index contributed by atoms with van der Waals surface area (Å²) in [5.41, 5.74) is 3.92. The lowest BCUT2D eigenvalue weighted by molar-refractivity contribution is 0.0925. The number of hydrogen-bond acceptors (Lipinski definition) is 5. The number of hydrogen-bond donors (Lipinski definition) is 0. The molecule has 1 aromatic carbocycles. The monoisotopic (exact) mass is 423 g/mol. The molecule has 0 unspecified atom stereocenters. The molecule has 1 saturated heterocycles. The maximum Gasteiger partial charge on any atom is 0.225 e. The van der Waals surface area contributed by atoms with Crippen molar-refractivity contribution in [2.75, 3.05) is 37.6 Å². The molecule has 0 spiro atoms. The standard InChI is InChI=1S/C23H26ClN5O/c1-17-14-20(18(2)29(17)15-19-6-3-4-7-21(19)24)22(30)16-27-10-12-28(13-11-27)23-25-8-5-9-26-23/h3-9,14H,10-13,15-16H2,1-2H3. The van der Waals surface area contributed by atoms with Crippen molar-refractivity contribution in [3.8, 4) is 0 Å². The van der Waals surface area contributed by atoms with Crippen molar-refractivity contribution in [3.05, 3.63) is 76.3 Å². The lowest BCUT2D eigenvalue weighted by Gasteiger charge is -2.34. The Kier molecular flexibility index (Phi) is 6.16. The van der Waals surface area contributed by atoms with E-state index in [1.165, 1.54) is 0 Å². The van der Waals surface area contributed by atoms with Crippen LogP contribution in [0.1, 0.15) is 27.3 Å². The summed E-state index contributed by atoms with van der Waals surface area (Å²) in [4.78, 5) is 26.1. The number of carbonyl (C=O) groups excluding carboxylic acids is 1. The summed E-state index contributed by atoms with van der Waals surface area (Å²) in [6.07, 6.45) is 3.52. The topological polar surface area (TPSA) is 54.3 Å². The van der Waals surface area contributed by atoms with Gasteiger partial charge < -0.3 is 9.47 Å². The van der Waals surface area contributed by atoms with Crippen LogP contribution in [0.15, 0.2) is 48.8 Å². The van der Waals surface area contributed by atoms with Crippen LogP contribution in [0, 0.1) is 13.8 Å². The zero-order valence-electron chi connectivity index (χ0n) is 17.4. The van der Waals surface area contributed by atoms with Crippen LogP contribution in [0.3, 0.4) is 0 Å². The largest absolute Gasteiger partial charge is 0.344 e. The van der Waals surface area contributed by atoms with E-state index in [0.717, 1.165) is 59.7 Å². The van der Waals surface area contributed by atoms with Gasteiger partial charge in [0.15, 0.2) is 5.78 Å². The van der Waals surface area contributed by atoms with Gasteiger partial charge in [-0.1, -0.05) is 29.8 Å². The fraction of sp³-hybridized carbons (Fsp3) is 0.348. The number of benzene rings is 1.